The van der Waals surface area contributed by atoms with Gasteiger partial charge in [0.2, 0.25) is 11.8 Å². The molecular formula is C18H22N4O2. The number of rotatable bonds is 4. The summed E-state index contributed by atoms with van der Waals surface area (Å²) in [5, 5.41) is 4.20. The molecule has 24 heavy (non-hydrogen) atoms. The van der Waals surface area contributed by atoms with Crippen LogP contribution in [0.1, 0.15) is 44.6 Å². The Balaban J connectivity index is 1.39. The topological polar surface area (TPSA) is 90.0 Å². The molecule has 2 aromatic heterocycles. The van der Waals surface area contributed by atoms with Crippen molar-refractivity contribution in [3.05, 3.63) is 30.6 Å². The number of hydrogen-bond donors (Lipinski definition) is 2. The Morgan fingerprint density at radius 2 is 1.96 bits per heavy atom. The minimum Gasteiger partial charge on any atom is -0.369 e. The number of carbonyl (C=O) groups excluding carboxylic acids is 2. The molecule has 0 atom stereocenters. The molecule has 126 valence electrons. The first-order chi connectivity index (χ1) is 11.6. The van der Waals surface area contributed by atoms with Gasteiger partial charge in [-0.2, -0.15) is 0 Å². The van der Waals surface area contributed by atoms with Gasteiger partial charge in [-0.05, 0) is 56.7 Å². The number of nitrogens with zero attached hydrogens (tertiary/aromatic N) is 2. The molecule has 2 aliphatic rings. The zero-order valence-corrected chi connectivity index (χ0v) is 13.6. The van der Waals surface area contributed by atoms with E-state index in [0.29, 0.717) is 18.9 Å². The van der Waals surface area contributed by atoms with Gasteiger partial charge in [-0.15, -0.1) is 0 Å². The Morgan fingerprint density at radius 3 is 2.62 bits per heavy atom. The lowest BCUT2D eigenvalue weighted by Crippen LogP contribution is -2.46. The van der Waals surface area contributed by atoms with Crippen molar-refractivity contribution in [1.29, 1.82) is 0 Å². The SMILES string of the molecule is NC(=O)C1(C(=O)NC2CCC(n3ccc4cccnc43)CC2)CC1. The number of nitrogens with two attached hydrogens (primary N) is 1. The number of nitrogens with one attached hydrogen (secondary N) is 1. The summed E-state index contributed by atoms with van der Waals surface area (Å²) in [5.74, 6) is -0.662. The van der Waals surface area contributed by atoms with Crippen molar-refractivity contribution in [3.63, 3.8) is 0 Å². The first-order valence-electron chi connectivity index (χ1n) is 8.62. The second-order valence-corrected chi connectivity index (χ2v) is 7.06. The molecule has 2 heterocycles. The zero-order chi connectivity index (χ0) is 16.7. The third kappa shape index (κ3) is 2.46. The minimum absolute atomic E-state index is 0.139. The Morgan fingerprint density at radius 1 is 1.21 bits per heavy atom. The van der Waals surface area contributed by atoms with Crippen molar-refractivity contribution in [3.8, 4) is 0 Å². The van der Waals surface area contributed by atoms with Gasteiger partial charge in [-0.1, -0.05) is 0 Å². The Bertz CT molecular complexity index is 785. The Kier molecular flexibility index (Phi) is 3.55. The van der Waals surface area contributed by atoms with Crippen molar-refractivity contribution in [2.45, 2.75) is 50.6 Å². The highest BCUT2D eigenvalue weighted by Crippen LogP contribution is 2.46. The lowest BCUT2D eigenvalue weighted by Gasteiger charge is -2.31. The second-order valence-electron chi connectivity index (χ2n) is 7.06. The van der Waals surface area contributed by atoms with E-state index >= 15 is 0 Å². The largest absolute Gasteiger partial charge is 0.369 e. The van der Waals surface area contributed by atoms with Crippen molar-refractivity contribution >= 4 is 22.8 Å². The van der Waals surface area contributed by atoms with E-state index in [9.17, 15) is 9.59 Å². The zero-order valence-electron chi connectivity index (χ0n) is 13.6. The summed E-state index contributed by atoms with van der Waals surface area (Å²) < 4.78 is 2.25. The fraction of sp³-hybridized carbons (Fsp3) is 0.500. The summed E-state index contributed by atoms with van der Waals surface area (Å²) in [6.07, 6.45) is 8.92. The van der Waals surface area contributed by atoms with E-state index in [2.05, 4.69) is 33.2 Å². The summed E-state index contributed by atoms with van der Waals surface area (Å²) in [4.78, 5) is 28.2. The van der Waals surface area contributed by atoms with E-state index in [4.69, 9.17) is 5.73 Å². The predicted octanol–water partition coefficient (Wildman–Crippen LogP) is 1.90. The highest BCUT2D eigenvalue weighted by Gasteiger charge is 2.55. The van der Waals surface area contributed by atoms with Crippen molar-refractivity contribution < 1.29 is 9.59 Å². The fourth-order valence-corrected chi connectivity index (χ4v) is 3.81. The van der Waals surface area contributed by atoms with Gasteiger partial charge in [0, 0.05) is 29.9 Å². The third-order valence-corrected chi connectivity index (χ3v) is 5.56. The summed E-state index contributed by atoms with van der Waals surface area (Å²) in [7, 11) is 0. The van der Waals surface area contributed by atoms with E-state index < -0.39 is 11.3 Å². The van der Waals surface area contributed by atoms with Crippen LogP contribution in [0.4, 0.5) is 0 Å². The van der Waals surface area contributed by atoms with Crippen molar-refractivity contribution in [2.75, 3.05) is 0 Å². The van der Waals surface area contributed by atoms with E-state index in [1.54, 1.807) is 0 Å². The van der Waals surface area contributed by atoms with Crippen LogP contribution in [0.15, 0.2) is 30.6 Å². The molecular weight excluding hydrogens is 304 g/mol. The summed E-state index contributed by atoms with van der Waals surface area (Å²) >= 11 is 0. The molecule has 2 aliphatic carbocycles. The van der Waals surface area contributed by atoms with Gasteiger partial charge >= 0.3 is 0 Å². The van der Waals surface area contributed by atoms with Crippen LogP contribution in [0, 0.1) is 5.41 Å². The smallest absolute Gasteiger partial charge is 0.235 e. The van der Waals surface area contributed by atoms with Gasteiger partial charge in [0.15, 0.2) is 0 Å². The molecule has 2 amide bonds. The van der Waals surface area contributed by atoms with Gasteiger partial charge in [0.05, 0.1) is 0 Å². The van der Waals surface area contributed by atoms with Crippen molar-refractivity contribution in [2.24, 2.45) is 11.1 Å². The number of fused-ring (bicyclic) bond motifs is 1. The van der Waals surface area contributed by atoms with Crippen LogP contribution in [0.2, 0.25) is 0 Å². The molecule has 3 N–H and O–H groups in total. The van der Waals surface area contributed by atoms with Crippen LogP contribution in [0.25, 0.3) is 11.0 Å². The van der Waals surface area contributed by atoms with Crippen LogP contribution in [0.3, 0.4) is 0 Å². The minimum atomic E-state index is -0.919. The standard InChI is InChI=1S/C18H22N4O2/c19-16(23)18(8-9-18)17(24)21-13-3-5-14(6-4-13)22-11-7-12-2-1-10-20-15(12)22/h1-2,7,10-11,13-14H,3-6,8-9H2,(H2,19,23)(H,21,24). The van der Waals surface area contributed by atoms with Crippen LogP contribution in [-0.4, -0.2) is 27.4 Å². The van der Waals surface area contributed by atoms with E-state index in [1.807, 2.05) is 12.3 Å². The maximum absolute atomic E-state index is 12.3. The quantitative estimate of drug-likeness (QED) is 0.841. The normalized spacial score (nSPS) is 25.3. The second kappa shape index (κ2) is 5.61. The average molecular weight is 326 g/mol. The van der Waals surface area contributed by atoms with Gasteiger partial charge in [-0.25, -0.2) is 4.98 Å². The molecule has 0 bridgehead atoms. The molecule has 2 fully saturated rings. The molecule has 0 aromatic carbocycles. The summed E-state index contributed by atoms with van der Waals surface area (Å²) in [6.45, 7) is 0. The highest BCUT2D eigenvalue weighted by atomic mass is 16.2. The lowest BCUT2D eigenvalue weighted by molar-refractivity contribution is -0.136. The predicted molar refractivity (Wildman–Crippen MR) is 90.0 cm³/mol. The van der Waals surface area contributed by atoms with E-state index in [-0.39, 0.29) is 11.9 Å². The first kappa shape index (κ1) is 15.2. The van der Waals surface area contributed by atoms with E-state index in [0.717, 1.165) is 36.7 Å². The van der Waals surface area contributed by atoms with Gasteiger partial charge in [0.1, 0.15) is 11.1 Å². The number of aromatic nitrogens is 2. The molecule has 4 rings (SSSR count). The summed E-state index contributed by atoms with van der Waals surface area (Å²) in [5.41, 5.74) is 5.47. The monoisotopic (exact) mass is 326 g/mol. The molecule has 0 spiro atoms. The molecule has 2 saturated carbocycles. The number of amides is 2. The van der Waals surface area contributed by atoms with Gasteiger partial charge in [0.25, 0.3) is 0 Å². The maximum Gasteiger partial charge on any atom is 0.235 e. The molecule has 2 aromatic rings. The molecule has 6 nitrogen and oxygen atoms in total. The van der Waals surface area contributed by atoms with E-state index in [1.165, 1.54) is 0 Å². The molecule has 0 saturated heterocycles. The number of carbonyl (C=O) groups is 2. The number of primary amides is 1. The fourth-order valence-electron chi connectivity index (χ4n) is 3.81. The van der Waals surface area contributed by atoms with Crippen LogP contribution in [-0.2, 0) is 9.59 Å². The first-order valence-corrected chi connectivity index (χ1v) is 8.62. The summed E-state index contributed by atoms with van der Waals surface area (Å²) in [6, 6.07) is 6.67. The number of hydrogen-bond acceptors (Lipinski definition) is 3. The number of pyridine rings is 1. The maximum atomic E-state index is 12.3. The Labute approximate surface area is 140 Å². The highest BCUT2D eigenvalue weighted by molar-refractivity contribution is 6.07. The third-order valence-electron chi connectivity index (χ3n) is 5.56. The lowest BCUT2D eigenvalue weighted by atomic mass is 9.90. The molecule has 0 aliphatic heterocycles. The average Bonchev–Trinajstić information content (AvgIpc) is 3.30. The van der Waals surface area contributed by atoms with Crippen molar-refractivity contribution in [1.82, 2.24) is 14.9 Å². The molecule has 6 heteroatoms. The Hall–Kier alpha value is -2.37. The molecule has 0 unspecified atom stereocenters. The van der Waals surface area contributed by atoms with Gasteiger partial charge < -0.3 is 15.6 Å². The van der Waals surface area contributed by atoms with Gasteiger partial charge in [-0.3, -0.25) is 9.59 Å². The van der Waals surface area contributed by atoms with Crippen LogP contribution in [0.5, 0.6) is 0 Å². The van der Waals surface area contributed by atoms with Crippen LogP contribution >= 0.6 is 0 Å². The molecule has 0 radical (unpaired) electrons. The van der Waals surface area contributed by atoms with Crippen LogP contribution < -0.4 is 11.1 Å².